The molecular formula is C46H80N4O12. The molecule has 1 aromatic rings. The minimum atomic E-state index is -0.707. The van der Waals surface area contributed by atoms with E-state index in [2.05, 4.69) is 4.90 Å². The quantitative estimate of drug-likeness (QED) is 0.104. The molecule has 1 aliphatic heterocycles. The average molecular weight is 881 g/mol. The number of benzene rings is 1. The number of esters is 4. The molecule has 0 bridgehead atoms. The van der Waals surface area contributed by atoms with Crippen molar-refractivity contribution in [3.63, 3.8) is 0 Å². The molecule has 356 valence electrons. The molecular weight excluding hydrogens is 801 g/mol. The molecule has 0 radical (unpaired) electrons. The third-order valence-corrected chi connectivity index (χ3v) is 8.92. The molecule has 1 saturated heterocycles. The van der Waals surface area contributed by atoms with Crippen molar-refractivity contribution >= 4 is 23.9 Å². The van der Waals surface area contributed by atoms with E-state index in [4.69, 9.17) is 37.9 Å². The van der Waals surface area contributed by atoms with Gasteiger partial charge in [-0.05, 0) is 107 Å². The Morgan fingerprint density at radius 3 is 1.31 bits per heavy atom. The molecule has 1 atom stereocenters. The standard InChI is InChI=1S/C46H80N4O12/c1-43(2,3)59-39(51)32-47-18-19-48(33-40(52)60-44(4,5)6)22-23-50(35-42(54)62-46(10,11)12)37(31-49(21-20-47)34-41(53)61-45(7,8)9)30-36-14-16-38(17-15-36)58-29-28-57-27-26-56-25-24-55-13/h14-17,37H,18-35H2,1-13H3/t37-/m0/s1. The highest BCUT2D eigenvalue weighted by Gasteiger charge is 2.31. The van der Waals surface area contributed by atoms with E-state index in [1.807, 2.05) is 122 Å². The molecule has 1 fully saturated rings. The molecule has 0 N–H and O–H groups in total. The first-order valence-electron chi connectivity index (χ1n) is 21.9. The highest BCUT2D eigenvalue weighted by Crippen LogP contribution is 2.19. The number of hydrogen-bond donors (Lipinski definition) is 0. The first kappa shape index (κ1) is 54.8. The summed E-state index contributed by atoms with van der Waals surface area (Å²) >= 11 is 0. The summed E-state index contributed by atoms with van der Waals surface area (Å²) in [5, 5.41) is 0. The van der Waals surface area contributed by atoms with Crippen molar-refractivity contribution in [1.82, 2.24) is 19.6 Å². The lowest BCUT2D eigenvalue weighted by Gasteiger charge is -2.39. The number of ether oxygens (including phenoxy) is 8. The van der Waals surface area contributed by atoms with Crippen molar-refractivity contribution in [3.8, 4) is 5.75 Å². The molecule has 1 aliphatic rings. The maximum absolute atomic E-state index is 13.6. The Hall–Kier alpha value is -3.38. The van der Waals surface area contributed by atoms with Crippen LogP contribution >= 0.6 is 0 Å². The van der Waals surface area contributed by atoms with Crippen LogP contribution in [-0.2, 0) is 58.8 Å². The lowest BCUT2D eigenvalue weighted by molar-refractivity contribution is -0.160. The Labute approximate surface area is 372 Å². The Morgan fingerprint density at radius 2 is 0.871 bits per heavy atom. The van der Waals surface area contributed by atoms with Crippen LogP contribution in [0.5, 0.6) is 5.75 Å². The first-order chi connectivity index (χ1) is 28.8. The predicted octanol–water partition coefficient (Wildman–Crippen LogP) is 4.24. The van der Waals surface area contributed by atoms with Crippen molar-refractivity contribution in [2.45, 2.75) is 118 Å². The second kappa shape index (κ2) is 26.4. The van der Waals surface area contributed by atoms with Gasteiger partial charge in [-0.3, -0.25) is 38.8 Å². The highest BCUT2D eigenvalue weighted by molar-refractivity contribution is 5.73. The zero-order valence-corrected chi connectivity index (χ0v) is 40.3. The van der Waals surface area contributed by atoms with Gasteiger partial charge in [0.25, 0.3) is 0 Å². The van der Waals surface area contributed by atoms with Crippen LogP contribution in [0.2, 0.25) is 0 Å². The fraction of sp³-hybridized carbons (Fsp3) is 0.783. The molecule has 0 saturated carbocycles. The lowest BCUT2D eigenvalue weighted by atomic mass is 10.0. The summed E-state index contributed by atoms with van der Waals surface area (Å²) in [6.45, 7) is 27.6. The van der Waals surface area contributed by atoms with Crippen LogP contribution in [0.15, 0.2) is 24.3 Å². The SMILES string of the molecule is COCCOCCOCCOc1ccc(C[C@H]2CN(CC(=O)OC(C)(C)C)CCN(CC(=O)OC(C)(C)C)CCN(CC(=O)OC(C)(C)C)CCN2CC(=O)OC(C)(C)C)cc1. The number of rotatable bonds is 20. The van der Waals surface area contributed by atoms with Crippen LogP contribution in [0.25, 0.3) is 0 Å². The molecule has 62 heavy (non-hydrogen) atoms. The fourth-order valence-corrected chi connectivity index (χ4v) is 6.49. The third kappa shape index (κ3) is 26.9. The Balaban J connectivity index is 2.50. The van der Waals surface area contributed by atoms with E-state index in [9.17, 15) is 19.2 Å². The molecule has 0 aromatic heterocycles. The summed E-state index contributed by atoms with van der Waals surface area (Å²) in [4.78, 5) is 61.6. The Bertz CT molecular complexity index is 1480. The Kier molecular flexibility index (Phi) is 23.3. The normalized spacial score (nSPS) is 17.4. The highest BCUT2D eigenvalue weighted by atomic mass is 16.6. The smallest absolute Gasteiger partial charge is 0.320 e. The number of carbonyl (C=O) groups is 4. The molecule has 16 nitrogen and oxygen atoms in total. The van der Waals surface area contributed by atoms with E-state index in [1.54, 1.807) is 7.11 Å². The molecule has 1 heterocycles. The average Bonchev–Trinajstić information content (AvgIpc) is 3.10. The van der Waals surface area contributed by atoms with Crippen molar-refractivity contribution in [1.29, 1.82) is 0 Å². The summed E-state index contributed by atoms with van der Waals surface area (Å²) in [5.41, 5.74) is -1.76. The topological polar surface area (TPSA) is 155 Å². The minimum absolute atomic E-state index is 0.00672. The van der Waals surface area contributed by atoms with Crippen LogP contribution in [0.1, 0.15) is 88.6 Å². The van der Waals surface area contributed by atoms with Crippen LogP contribution in [0, 0.1) is 0 Å². The van der Waals surface area contributed by atoms with E-state index in [-0.39, 0.29) is 56.1 Å². The molecule has 0 spiro atoms. The van der Waals surface area contributed by atoms with Gasteiger partial charge in [-0.2, -0.15) is 0 Å². The van der Waals surface area contributed by atoms with Crippen molar-refractivity contribution < 1.29 is 57.1 Å². The van der Waals surface area contributed by atoms with Crippen LogP contribution in [0.3, 0.4) is 0 Å². The third-order valence-electron chi connectivity index (χ3n) is 8.92. The van der Waals surface area contributed by atoms with Gasteiger partial charge in [0.1, 0.15) is 34.8 Å². The van der Waals surface area contributed by atoms with Gasteiger partial charge < -0.3 is 37.9 Å². The lowest BCUT2D eigenvalue weighted by Crippen LogP contribution is -2.54. The van der Waals surface area contributed by atoms with Gasteiger partial charge in [-0.25, -0.2) is 0 Å². The summed E-state index contributed by atoms with van der Waals surface area (Å²) in [6.07, 6.45) is 0.508. The van der Waals surface area contributed by atoms with E-state index < -0.39 is 22.4 Å². The van der Waals surface area contributed by atoms with Gasteiger partial charge in [-0.1, -0.05) is 12.1 Å². The van der Waals surface area contributed by atoms with Gasteiger partial charge >= 0.3 is 23.9 Å². The van der Waals surface area contributed by atoms with E-state index in [0.29, 0.717) is 97.6 Å². The predicted molar refractivity (Wildman–Crippen MR) is 237 cm³/mol. The number of carbonyl (C=O) groups excluding carboxylic acids is 4. The minimum Gasteiger partial charge on any atom is -0.491 e. The van der Waals surface area contributed by atoms with Crippen molar-refractivity contribution in [2.75, 3.05) is 119 Å². The maximum Gasteiger partial charge on any atom is 0.320 e. The summed E-state index contributed by atoms with van der Waals surface area (Å²) in [5.74, 6) is -0.821. The van der Waals surface area contributed by atoms with E-state index >= 15 is 0 Å². The van der Waals surface area contributed by atoms with Crippen LogP contribution < -0.4 is 4.74 Å². The van der Waals surface area contributed by atoms with Gasteiger partial charge in [0.05, 0.1) is 59.2 Å². The molecule has 1 aromatic carbocycles. The first-order valence-corrected chi connectivity index (χ1v) is 21.9. The largest absolute Gasteiger partial charge is 0.491 e. The van der Waals surface area contributed by atoms with Gasteiger partial charge in [-0.15, -0.1) is 0 Å². The van der Waals surface area contributed by atoms with Crippen LogP contribution in [-0.4, -0.2) is 191 Å². The molecule has 0 aliphatic carbocycles. The van der Waals surface area contributed by atoms with Crippen molar-refractivity contribution in [3.05, 3.63) is 29.8 Å². The van der Waals surface area contributed by atoms with Crippen molar-refractivity contribution in [2.24, 2.45) is 0 Å². The van der Waals surface area contributed by atoms with Gasteiger partial charge in [0.2, 0.25) is 0 Å². The summed E-state index contributed by atoms with van der Waals surface area (Å²) in [6, 6.07) is 7.51. The molecule has 0 unspecified atom stereocenters. The number of hydrogen-bond acceptors (Lipinski definition) is 16. The van der Waals surface area contributed by atoms with E-state index in [1.165, 1.54) is 0 Å². The molecule has 0 amide bonds. The monoisotopic (exact) mass is 881 g/mol. The fourth-order valence-electron chi connectivity index (χ4n) is 6.49. The number of nitrogens with zero attached hydrogens (tertiary/aromatic N) is 4. The molecule has 2 rings (SSSR count). The number of methoxy groups -OCH3 is 1. The van der Waals surface area contributed by atoms with Crippen LogP contribution in [0.4, 0.5) is 0 Å². The zero-order chi connectivity index (χ0) is 46.6. The van der Waals surface area contributed by atoms with Gasteiger partial charge in [0.15, 0.2) is 0 Å². The van der Waals surface area contributed by atoms with Gasteiger partial charge in [0, 0.05) is 59.0 Å². The maximum atomic E-state index is 13.6. The second-order valence-corrected chi connectivity index (χ2v) is 19.7. The molecule has 16 heteroatoms. The Morgan fingerprint density at radius 1 is 0.500 bits per heavy atom. The zero-order valence-electron chi connectivity index (χ0n) is 40.3. The summed E-state index contributed by atoms with van der Waals surface area (Å²) in [7, 11) is 1.63. The van der Waals surface area contributed by atoms with E-state index in [0.717, 1.165) is 5.56 Å². The second-order valence-electron chi connectivity index (χ2n) is 19.7. The summed E-state index contributed by atoms with van der Waals surface area (Å²) < 4.78 is 45.1.